The lowest BCUT2D eigenvalue weighted by Crippen LogP contribution is -2.43. The number of ketones is 2. The Hall–Kier alpha value is -5.98. The Kier molecular flexibility index (Phi) is 9.80. The summed E-state index contributed by atoms with van der Waals surface area (Å²) >= 11 is 7.11. The van der Waals surface area contributed by atoms with Gasteiger partial charge in [-0.05, 0) is 111 Å². The van der Waals surface area contributed by atoms with Crippen LogP contribution in [0.15, 0.2) is 136 Å². The molecule has 4 aliphatic rings. The Morgan fingerprint density at radius 1 is 0.610 bits per heavy atom. The highest BCUT2D eigenvalue weighted by atomic mass is 79.9. The van der Waals surface area contributed by atoms with Crippen molar-refractivity contribution in [2.75, 3.05) is 16.9 Å². The lowest BCUT2D eigenvalue weighted by atomic mass is 9.57. The maximum atomic E-state index is 14.8. The van der Waals surface area contributed by atoms with Crippen LogP contribution < -0.4 is 14.5 Å². The largest absolute Gasteiger partial charge is 0.503 e. The van der Waals surface area contributed by atoms with Gasteiger partial charge in [-0.25, -0.2) is 0 Å². The monoisotopic (exact) mass is 912 g/mol. The van der Waals surface area contributed by atoms with Crippen molar-refractivity contribution >= 4 is 78.4 Å². The number of carbonyl (C=O) groups excluding carboxylic acids is 6. The molecule has 0 spiro atoms. The molecule has 0 bridgehead atoms. The Labute approximate surface area is 355 Å². The number of rotatable bonds is 8. The van der Waals surface area contributed by atoms with Crippen molar-refractivity contribution < 1.29 is 38.6 Å². The number of carbonyl (C=O) groups is 6. The molecule has 294 valence electrons. The number of nitrogens with zero attached hydrogens (tertiary/aromatic N) is 2. The van der Waals surface area contributed by atoms with E-state index < -0.39 is 53.2 Å². The van der Waals surface area contributed by atoms with Crippen LogP contribution >= 0.6 is 31.9 Å². The minimum atomic E-state index is -0.900. The molecule has 0 unspecified atom stereocenters. The summed E-state index contributed by atoms with van der Waals surface area (Å²) < 4.78 is 6.28. The third kappa shape index (κ3) is 6.19. The SMILES string of the molecule is COc1cc([C@H]2C3=CC[C@@H]4C(=O)N(c5ccc(C(=O)c6ccccc6)cc5)C(=O)[C@@H]4[C@@H]3C[C@H]3C(=O)N(c4ccc(C(=O)c5ccccc5)cc4)C(=O)[C@@H]23)c(Br)c(Br)c1O. The fraction of sp³-hybridized carbons (Fsp3) is 0.191. The summed E-state index contributed by atoms with van der Waals surface area (Å²) in [5.41, 5.74) is 3.80. The van der Waals surface area contributed by atoms with Crippen molar-refractivity contribution in [1.82, 2.24) is 0 Å². The maximum absolute atomic E-state index is 14.8. The molecule has 9 rings (SSSR count). The molecular weight excluding hydrogens is 880 g/mol. The van der Waals surface area contributed by atoms with Crippen molar-refractivity contribution in [2.45, 2.75) is 18.8 Å². The molecule has 0 radical (unpaired) electrons. The second-order valence-corrected chi connectivity index (χ2v) is 16.8. The van der Waals surface area contributed by atoms with Gasteiger partial charge >= 0.3 is 0 Å². The minimum absolute atomic E-state index is 0.142. The first-order valence-corrected chi connectivity index (χ1v) is 20.7. The van der Waals surface area contributed by atoms with E-state index in [-0.39, 0.29) is 41.8 Å². The van der Waals surface area contributed by atoms with Crippen molar-refractivity contribution in [3.63, 3.8) is 0 Å². The van der Waals surface area contributed by atoms with Gasteiger partial charge in [0, 0.05) is 32.6 Å². The van der Waals surface area contributed by atoms with Crippen LogP contribution in [0.4, 0.5) is 11.4 Å². The summed E-state index contributed by atoms with van der Waals surface area (Å²) in [5.74, 6) is -6.71. The molecule has 4 amide bonds. The minimum Gasteiger partial charge on any atom is -0.503 e. The van der Waals surface area contributed by atoms with Crippen molar-refractivity contribution in [1.29, 1.82) is 0 Å². The predicted octanol–water partition coefficient (Wildman–Crippen LogP) is 8.43. The first-order valence-electron chi connectivity index (χ1n) is 19.1. The zero-order valence-electron chi connectivity index (χ0n) is 31.4. The summed E-state index contributed by atoms with van der Waals surface area (Å²) in [5, 5.41) is 10.9. The number of aromatic hydroxyl groups is 1. The Morgan fingerprint density at radius 3 is 1.59 bits per heavy atom. The number of imide groups is 2. The number of ether oxygens (including phenoxy) is 1. The lowest BCUT2D eigenvalue weighted by molar-refractivity contribution is -0.126. The average molecular weight is 915 g/mol. The van der Waals surface area contributed by atoms with E-state index in [0.717, 1.165) is 5.57 Å². The van der Waals surface area contributed by atoms with Gasteiger partial charge in [-0.1, -0.05) is 72.3 Å². The van der Waals surface area contributed by atoms with Crippen LogP contribution in [0.3, 0.4) is 0 Å². The van der Waals surface area contributed by atoms with Crippen molar-refractivity contribution in [3.8, 4) is 11.5 Å². The van der Waals surface area contributed by atoms with E-state index in [2.05, 4.69) is 31.9 Å². The molecule has 2 aliphatic heterocycles. The molecule has 1 N–H and O–H groups in total. The highest BCUT2D eigenvalue weighted by Crippen LogP contribution is 2.60. The predicted molar refractivity (Wildman–Crippen MR) is 225 cm³/mol. The molecule has 5 aromatic rings. The quantitative estimate of drug-likeness (QED) is 0.0931. The zero-order valence-corrected chi connectivity index (χ0v) is 34.6. The highest BCUT2D eigenvalue weighted by Gasteiger charge is 2.62. The van der Waals surface area contributed by atoms with Crippen LogP contribution in [-0.2, 0) is 19.2 Å². The zero-order chi connectivity index (χ0) is 41.3. The van der Waals surface area contributed by atoms with Gasteiger partial charge in [0.2, 0.25) is 23.6 Å². The normalized spacial score (nSPS) is 23.4. The van der Waals surface area contributed by atoms with Crippen LogP contribution in [0, 0.1) is 29.6 Å². The number of benzene rings is 5. The lowest BCUT2D eigenvalue weighted by Gasteiger charge is -2.44. The Morgan fingerprint density at radius 2 is 1.08 bits per heavy atom. The van der Waals surface area contributed by atoms with Crippen LogP contribution in [-0.4, -0.2) is 47.4 Å². The van der Waals surface area contributed by atoms with E-state index in [1.165, 1.54) is 16.9 Å². The van der Waals surface area contributed by atoms with Gasteiger partial charge in [0.05, 0.1) is 46.6 Å². The van der Waals surface area contributed by atoms with E-state index in [1.807, 2.05) is 18.2 Å². The molecular formula is C47H34Br2N2O8. The van der Waals surface area contributed by atoms with Crippen molar-refractivity contribution in [3.05, 3.63) is 164 Å². The standard InChI is InChI=1S/C47H34Br2N2O8/c1-59-35-23-33(39(48)40(49)43(35)54)36-30-20-21-31-37(46(57)50(44(31)55)28-16-12-26(13-17-28)41(52)24-8-4-2-5-9-24)32(30)22-34-38(36)47(58)51(45(34)56)29-18-14-27(15-19-29)42(53)25-10-6-3-7-11-25/h2-20,23,31-32,34,36-38,54H,21-22H2,1H3/t31-,32+,34+,36+,37-,38+/m0/s1. The smallest absolute Gasteiger partial charge is 0.238 e. The Balaban J connectivity index is 1.08. The van der Waals surface area contributed by atoms with E-state index >= 15 is 0 Å². The summed E-state index contributed by atoms with van der Waals surface area (Å²) in [6.07, 6.45) is 2.31. The number of amides is 4. The maximum Gasteiger partial charge on any atom is 0.238 e. The van der Waals surface area contributed by atoms with Gasteiger partial charge in [0.15, 0.2) is 23.1 Å². The van der Waals surface area contributed by atoms with Crippen LogP contribution in [0.25, 0.3) is 0 Å². The van der Waals surface area contributed by atoms with Crippen molar-refractivity contribution in [2.24, 2.45) is 29.6 Å². The van der Waals surface area contributed by atoms with Gasteiger partial charge in [0.1, 0.15) is 0 Å². The molecule has 2 aliphatic carbocycles. The number of phenols is 1. The number of methoxy groups -OCH3 is 1. The van der Waals surface area contributed by atoms with E-state index in [1.54, 1.807) is 103 Å². The van der Waals surface area contributed by atoms with Gasteiger partial charge in [-0.2, -0.15) is 0 Å². The average Bonchev–Trinajstić information content (AvgIpc) is 3.68. The Bertz CT molecular complexity index is 2630. The number of fused-ring (bicyclic) bond motifs is 4. The first kappa shape index (κ1) is 38.5. The van der Waals surface area contributed by atoms with Crippen LogP contribution in [0.2, 0.25) is 0 Å². The number of hydrogen-bond donors (Lipinski definition) is 1. The number of phenolic OH excluding ortho intramolecular Hbond substituents is 1. The van der Waals surface area contributed by atoms with Gasteiger partial charge in [-0.15, -0.1) is 0 Å². The van der Waals surface area contributed by atoms with E-state index in [4.69, 9.17) is 4.74 Å². The molecule has 59 heavy (non-hydrogen) atoms. The number of hydrogen-bond acceptors (Lipinski definition) is 8. The van der Waals surface area contributed by atoms with Gasteiger partial charge < -0.3 is 9.84 Å². The summed E-state index contributed by atoms with van der Waals surface area (Å²) in [7, 11) is 1.41. The molecule has 2 saturated heterocycles. The molecule has 3 fully saturated rings. The molecule has 1 saturated carbocycles. The van der Waals surface area contributed by atoms with Crippen LogP contribution in [0.5, 0.6) is 11.5 Å². The molecule has 6 atom stereocenters. The summed E-state index contributed by atoms with van der Waals surface area (Å²) in [4.78, 5) is 86.9. The third-order valence-corrected chi connectivity index (χ3v) is 14.4. The third-order valence-electron chi connectivity index (χ3n) is 12.2. The fourth-order valence-corrected chi connectivity index (χ4v) is 10.4. The topological polar surface area (TPSA) is 138 Å². The van der Waals surface area contributed by atoms with E-state index in [9.17, 15) is 33.9 Å². The number of halogens is 2. The molecule has 10 nitrogen and oxygen atoms in total. The molecule has 2 heterocycles. The number of allylic oxidation sites excluding steroid dienone is 2. The number of anilines is 2. The summed E-state index contributed by atoms with van der Waals surface area (Å²) in [6.45, 7) is 0. The fourth-order valence-electron chi connectivity index (χ4n) is 9.48. The first-order chi connectivity index (χ1) is 28.5. The second-order valence-electron chi connectivity index (χ2n) is 15.2. The van der Waals surface area contributed by atoms with Gasteiger partial charge in [0.25, 0.3) is 0 Å². The highest BCUT2D eigenvalue weighted by molar-refractivity contribution is 9.13. The van der Waals surface area contributed by atoms with E-state index in [0.29, 0.717) is 48.1 Å². The molecule has 12 heteroatoms. The second kappa shape index (κ2) is 15.0. The molecule has 0 aromatic heterocycles. The van der Waals surface area contributed by atoms with Gasteiger partial charge in [-0.3, -0.25) is 38.6 Å². The van der Waals surface area contributed by atoms with Crippen LogP contribution in [0.1, 0.15) is 56.2 Å². The summed E-state index contributed by atoms with van der Waals surface area (Å²) in [6, 6.07) is 32.0. The molecule has 5 aromatic carbocycles.